The molecule has 0 aliphatic heterocycles. The molecule has 0 radical (unpaired) electrons. The third-order valence-corrected chi connectivity index (χ3v) is 4.86. The van der Waals surface area contributed by atoms with Crippen molar-refractivity contribution in [1.82, 2.24) is 10.6 Å². The van der Waals surface area contributed by atoms with Crippen LogP contribution in [0.25, 0.3) is 6.08 Å². The number of ether oxygens (including phenoxy) is 2. The van der Waals surface area contributed by atoms with E-state index in [9.17, 15) is 19.6 Å². The maximum absolute atomic E-state index is 12.1. The summed E-state index contributed by atoms with van der Waals surface area (Å²) >= 11 is 0. The molecule has 1 aliphatic carbocycles. The molecule has 0 spiro atoms. The highest BCUT2D eigenvalue weighted by Gasteiger charge is 2.23. The van der Waals surface area contributed by atoms with E-state index in [0.717, 1.165) is 25.7 Å². The average Bonchev–Trinajstić information content (AvgIpc) is 2.73. The molecule has 0 unspecified atom stereocenters. The summed E-state index contributed by atoms with van der Waals surface area (Å²) in [5, 5.41) is 14.1. The van der Waals surface area contributed by atoms with E-state index < -0.39 is 24.5 Å². The molecule has 0 aromatic heterocycles. The summed E-state index contributed by atoms with van der Waals surface area (Å²) in [5.41, 5.74) is 0.352. The Morgan fingerprint density at radius 3 is 2.53 bits per heavy atom. The van der Waals surface area contributed by atoms with Crippen molar-refractivity contribution in [3.8, 4) is 11.8 Å². The lowest BCUT2D eigenvalue weighted by Crippen LogP contribution is -2.48. The van der Waals surface area contributed by atoms with Crippen LogP contribution in [0.15, 0.2) is 29.8 Å². The number of amides is 3. The third-order valence-electron chi connectivity index (χ3n) is 4.86. The van der Waals surface area contributed by atoms with Gasteiger partial charge in [-0.05, 0) is 49.5 Å². The van der Waals surface area contributed by atoms with Crippen molar-refractivity contribution in [1.29, 1.82) is 5.26 Å². The molecular formula is C22H27N3O5. The highest BCUT2D eigenvalue weighted by Crippen LogP contribution is 2.23. The lowest BCUT2D eigenvalue weighted by Gasteiger charge is -2.29. The van der Waals surface area contributed by atoms with Gasteiger partial charge in [0, 0.05) is 6.04 Å². The summed E-state index contributed by atoms with van der Waals surface area (Å²) < 4.78 is 10.2. The Morgan fingerprint density at radius 1 is 1.20 bits per heavy atom. The lowest BCUT2D eigenvalue weighted by molar-refractivity contribution is -0.144. The van der Waals surface area contributed by atoms with Gasteiger partial charge in [0.05, 0.1) is 6.61 Å². The van der Waals surface area contributed by atoms with Crippen LogP contribution in [0.1, 0.15) is 45.1 Å². The fourth-order valence-corrected chi connectivity index (χ4v) is 3.24. The van der Waals surface area contributed by atoms with E-state index in [1.165, 1.54) is 6.08 Å². The van der Waals surface area contributed by atoms with E-state index in [4.69, 9.17) is 9.47 Å². The number of carbonyl (C=O) groups is 3. The van der Waals surface area contributed by atoms with Gasteiger partial charge in [-0.15, -0.1) is 0 Å². The van der Waals surface area contributed by atoms with Gasteiger partial charge < -0.3 is 14.8 Å². The molecule has 2 N–H and O–H groups in total. The van der Waals surface area contributed by atoms with Crippen LogP contribution in [-0.2, 0) is 14.3 Å². The summed E-state index contributed by atoms with van der Waals surface area (Å²) in [7, 11) is 0. The number of imide groups is 1. The molecule has 2 rings (SSSR count). The minimum atomic E-state index is -0.942. The number of urea groups is 1. The molecule has 2 atom stereocenters. The molecule has 0 saturated heterocycles. The van der Waals surface area contributed by atoms with Crippen LogP contribution in [0.3, 0.4) is 0 Å². The van der Waals surface area contributed by atoms with Crippen LogP contribution in [0.2, 0.25) is 0 Å². The largest absolute Gasteiger partial charge is 0.494 e. The number of esters is 1. The zero-order chi connectivity index (χ0) is 21.9. The maximum Gasteiger partial charge on any atom is 0.349 e. The first-order chi connectivity index (χ1) is 14.4. The summed E-state index contributed by atoms with van der Waals surface area (Å²) in [4.78, 5) is 35.9. The molecular weight excluding hydrogens is 386 g/mol. The van der Waals surface area contributed by atoms with Gasteiger partial charge in [0.25, 0.3) is 5.91 Å². The second-order valence-electron chi connectivity index (χ2n) is 7.14. The van der Waals surface area contributed by atoms with Gasteiger partial charge in [-0.3, -0.25) is 10.1 Å². The first-order valence-electron chi connectivity index (χ1n) is 10.0. The Morgan fingerprint density at radius 2 is 1.90 bits per heavy atom. The molecule has 3 amide bonds. The minimum absolute atomic E-state index is 0.0244. The SMILES string of the molecule is CCOc1ccc(/C=C(\C#N)C(=O)OCC(=O)NC(=O)N[C@@H]2CCCC[C@H]2C)cc1. The second-order valence-corrected chi connectivity index (χ2v) is 7.14. The first kappa shape index (κ1) is 22.9. The first-order valence-corrected chi connectivity index (χ1v) is 10.0. The molecule has 0 heterocycles. The van der Waals surface area contributed by atoms with Gasteiger partial charge >= 0.3 is 12.0 Å². The molecule has 0 bridgehead atoms. The van der Waals surface area contributed by atoms with Gasteiger partial charge in [-0.25, -0.2) is 9.59 Å². The second kappa shape index (κ2) is 11.6. The fraction of sp³-hybridized carbons (Fsp3) is 0.455. The topological polar surface area (TPSA) is 118 Å². The van der Waals surface area contributed by atoms with Crippen LogP contribution < -0.4 is 15.4 Å². The molecule has 1 saturated carbocycles. The van der Waals surface area contributed by atoms with Crippen molar-refractivity contribution < 1.29 is 23.9 Å². The van der Waals surface area contributed by atoms with Crippen LogP contribution in [0.4, 0.5) is 4.79 Å². The van der Waals surface area contributed by atoms with E-state index in [1.807, 2.05) is 6.92 Å². The smallest absolute Gasteiger partial charge is 0.349 e. The summed E-state index contributed by atoms with van der Waals surface area (Å²) in [6, 6.07) is 7.99. The van der Waals surface area contributed by atoms with Crippen molar-refractivity contribution in [3.63, 3.8) is 0 Å². The summed E-state index contributed by atoms with van der Waals surface area (Å²) in [6.45, 7) is 3.81. The molecule has 8 nitrogen and oxygen atoms in total. The van der Waals surface area contributed by atoms with Crippen molar-refractivity contribution in [2.45, 2.75) is 45.6 Å². The zero-order valence-corrected chi connectivity index (χ0v) is 17.3. The predicted octanol–water partition coefficient (Wildman–Crippen LogP) is 2.94. The van der Waals surface area contributed by atoms with E-state index >= 15 is 0 Å². The fourth-order valence-electron chi connectivity index (χ4n) is 3.24. The van der Waals surface area contributed by atoms with Gasteiger partial charge in [-0.2, -0.15) is 5.26 Å². The summed E-state index contributed by atoms with van der Waals surface area (Å²) in [6.07, 6.45) is 5.45. The van der Waals surface area contributed by atoms with Crippen molar-refractivity contribution in [3.05, 3.63) is 35.4 Å². The molecule has 1 aliphatic rings. The third kappa shape index (κ3) is 7.24. The monoisotopic (exact) mass is 413 g/mol. The van der Waals surface area contributed by atoms with Gasteiger partial charge in [0.2, 0.25) is 0 Å². The van der Waals surface area contributed by atoms with E-state index in [2.05, 4.69) is 17.6 Å². The van der Waals surface area contributed by atoms with Crippen LogP contribution in [0.5, 0.6) is 5.75 Å². The Hall–Kier alpha value is -3.34. The van der Waals surface area contributed by atoms with Crippen LogP contribution in [-0.4, -0.2) is 37.2 Å². The molecule has 1 fully saturated rings. The Balaban J connectivity index is 1.82. The molecule has 8 heteroatoms. The van der Waals surface area contributed by atoms with Crippen molar-refractivity contribution >= 4 is 24.0 Å². The molecule has 1 aromatic rings. The van der Waals surface area contributed by atoms with Crippen molar-refractivity contribution in [2.24, 2.45) is 5.92 Å². The van der Waals surface area contributed by atoms with Gasteiger partial charge in [0.15, 0.2) is 6.61 Å². The number of nitriles is 1. The average molecular weight is 413 g/mol. The number of carbonyl (C=O) groups excluding carboxylic acids is 3. The van der Waals surface area contributed by atoms with Gasteiger partial charge in [0.1, 0.15) is 17.4 Å². The molecule has 30 heavy (non-hydrogen) atoms. The highest BCUT2D eigenvalue weighted by molar-refractivity contribution is 6.00. The Kier molecular flexibility index (Phi) is 8.88. The summed E-state index contributed by atoms with van der Waals surface area (Å²) in [5.74, 6) is -0.679. The number of nitrogens with zero attached hydrogens (tertiary/aromatic N) is 1. The van der Waals surface area contributed by atoms with Crippen molar-refractivity contribution in [2.75, 3.05) is 13.2 Å². The van der Waals surface area contributed by atoms with E-state index in [1.54, 1.807) is 30.3 Å². The Labute approximate surface area is 176 Å². The van der Waals surface area contributed by atoms with E-state index in [-0.39, 0.29) is 11.6 Å². The number of rotatable bonds is 7. The van der Waals surface area contributed by atoms with Crippen LogP contribution in [0, 0.1) is 17.2 Å². The standard InChI is InChI=1S/C22H27N3O5/c1-3-29-18-10-8-16(9-11-18)12-17(13-23)21(27)30-14-20(26)25-22(28)24-19-7-5-4-6-15(19)2/h8-12,15,19H,3-7,14H2,1-2H3,(H2,24,25,26,28)/b17-12+/t15-,19-/m1/s1. The van der Waals surface area contributed by atoms with Crippen LogP contribution >= 0.6 is 0 Å². The van der Waals surface area contributed by atoms with E-state index in [0.29, 0.717) is 23.8 Å². The predicted molar refractivity (Wildman–Crippen MR) is 110 cm³/mol. The quantitative estimate of drug-likeness (QED) is 0.403. The normalized spacial score (nSPS) is 18.6. The number of nitrogens with one attached hydrogen (secondary N) is 2. The Bertz CT molecular complexity index is 826. The minimum Gasteiger partial charge on any atom is -0.494 e. The lowest BCUT2D eigenvalue weighted by atomic mass is 9.86. The number of benzene rings is 1. The molecule has 160 valence electrons. The zero-order valence-electron chi connectivity index (χ0n) is 17.3. The number of hydrogen-bond acceptors (Lipinski definition) is 6. The van der Waals surface area contributed by atoms with Gasteiger partial charge in [-0.1, -0.05) is 31.9 Å². The highest BCUT2D eigenvalue weighted by atomic mass is 16.5. The maximum atomic E-state index is 12.1. The molecule has 1 aromatic carbocycles. The number of hydrogen-bond donors (Lipinski definition) is 2.